The van der Waals surface area contributed by atoms with Gasteiger partial charge in [-0.15, -0.1) is 12.4 Å². The van der Waals surface area contributed by atoms with Crippen molar-refractivity contribution >= 4 is 23.8 Å². The molecule has 0 amide bonds. The molecule has 3 N–H and O–H groups in total. The van der Waals surface area contributed by atoms with Gasteiger partial charge in [-0.3, -0.25) is 10.1 Å². The zero-order valence-electron chi connectivity index (χ0n) is 8.37. The van der Waals surface area contributed by atoms with Gasteiger partial charge in [0, 0.05) is 25.1 Å². The maximum absolute atomic E-state index is 10.4. The molecule has 0 atom stereocenters. The van der Waals surface area contributed by atoms with Gasteiger partial charge in [-0.1, -0.05) is 17.3 Å². The van der Waals surface area contributed by atoms with Crippen LogP contribution in [0, 0.1) is 10.1 Å². The Morgan fingerprint density at radius 2 is 2.00 bits per heavy atom. The number of oxime groups is 1. The predicted molar refractivity (Wildman–Crippen MR) is 62.3 cm³/mol. The Labute approximate surface area is 98.3 Å². The fourth-order valence-electron chi connectivity index (χ4n) is 1.12. The molecule has 88 valence electrons. The zero-order chi connectivity index (χ0) is 11.3. The number of benzene rings is 1. The summed E-state index contributed by atoms with van der Waals surface area (Å²) in [6.45, 7) is 0.160. The number of halogens is 1. The minimum absolute atomic E-state index is 0. The molecule has 0 bridgehead atoms. The first-order valence-corrected chi connectivity index (χ1v) is 4.30. The SMILES string of the molecule is Cl.NC/C(Cc1ccc([N+](=O)[O-])cc1)=N/O. The third-order valence-electron chi connectivity index (χ3n) is 1.93. The molecule has 0 aliphatic heterocycles. The Kier molecular flexibility index (Phi) is 6.06. The van der Waals surface area contributed by atoms with Crippen molar-refractivity contribution in [3.8, 4) is 0 Å². The first-order chi connectivity index (χ1) is 7.17. The predicted octanol–water partition coefficient (Wildman–Crippen LogP) is 1.35. The maximum atomic E-state index is 10.4. The van der Waals surface area contributed by atoms with E-state index in [4.69, 9.17) is 10.9 Å². The van der Waals surface area contributed by atoms with Gasteiger partial charge in [0.15, 0.2) is 0 Å². The van der Waals surface area contributed by atoms with Crippen LogP contribution in [0.25, 0.3) is 0 Å². The first-order valence-electron chi connectivity index (χ1n) is 4.30. The number of nitro groups is 1. The zero-order valence-corrected chi connectivity index (χ0v) is 9.18. The average Bonchev–Trinajstić information content (AvgIpc) is 2.26. The normalized spacial score (nSPS) is 10.7. The van der Waals surface area contributed by atoms with E-state index in [2.05, 4.69) is 5.16 Å². The highest BCUT2D eigenvalue weighted by molar-refractivity contribution is 5.87. The second-order valence-corrected chi connectivity index (χ2v) is 2.97. The van der Waals surface area contributed by atoms with Gasteiger partial charge in [0.1, 0.15) is 0 Å². The van der Waals surface area contributed by atoms with Crippen molar-refractivity contribution in [1.29, 1.82) is 0 Å². The summed E-state index contributed by atoms with van der Waals surface area (Å²) >= 11 is 0. The van der Waals surface area contributed by atoms with Crippen molar-refractivity contribution in [3.63, 3.8) is 0 Å². The largest absolute Gasteiger partial charge is 0.411 e. The minimum Gasteiger partial charge on any atom is -0.411 e. The summed E-state index contributed by atoms with van der Waals surface area (Å²) in [5.74, 6) is 0. The summed E-state index contributed by atoms with van der Waals surface area (Å²) in [6.07, 6.45) is 0.394. The lowest BCUT2D eigenvalue weighted by atomic mass is 10.1. The van der Waals surface area contributed by atoms with Crippen LogP contribution >= 0.6 is 12.4 Å². The quantitative estimate of drug-likeness (QED) is 0.362. The highest BCUT2D eigenvalue weighted by atomic mass is 35.5. The van der Waals surface area contributed by atoms with Crippen LogP contribution in [0.2, 0.25) is 0 Å². The minimum atomic E-state index is -0.465. The summed E-state index contributed by atoms with van der Waals surface area (Å²) < 4.78 is 0. The number of hydrogen-bond donors (Lipinski definition) is 2. The molecule has 1 aromatic rings. The van der Waals surface area contributed by atoms with E-state index in [1.165, 1.54) is 12.1 Å². The Morgan fingerprint density at radius 3 is 2.38 bits per heavy atom. The van der Waals surface area contributed by atoms with Crippen LogP contribution in [-0.4, -0.2) is 22.4 Å². The number of nitrogens with two attached hydrogens (primary N) is 1. The summed E-state index contributed by atoms with van der Waals surface area (Å²) in [4.78, 5) is 9.90. The van der Waals surface area contributed by atoms with Crippen LogP contribution in [0.5, 0.6) is 0 Å². The fraction of sp³-hybridized carbons (Fsp3) is 0.222. The standard InChI is InChI=1S/C9H11N3O3.ClH/c10-6-8(11-13)5-7-1-3-9(4-2-7)12(14)15;/h1-4,13H,5-6,10H2;1H/b11-8+;. The van der Waals surface area contributed by atoms with Crippen LogP contribution < -0.4 is 5.73 Å². The van der Waals surface area contributed by atoms with Crippen LogP contribution in [0.1, 0.15) is 5.56 Å². The number of nitrogens with zero attached hydrogens (tertiary/aromatic N) is 2. The topological polar surface area (TPSA) is 102 Å². The third kappa shape index (κ3) is 3.84. The van der Waals surface area contributed by atoms with Crippen molar-refractivity contribution in [2.24, 2.45) is 10.9 Å². The molecule has 0 heterocycles. The molecule has 0 saturated heterocycles. The Hall–Kier alpha value is -1.66. The molecule has 0 radical (unpaired) electrons. The highest BCUT2D eigenvalue weighted by Gasteiger charge is 2.05. The van der Waals surface area contributed by atoms with E-state index in [0.717, 1.165) is 5.56 Å². The molecular formula is C9H12ClN3O3. The molecule has 0 fully saturated rings. The number of rotatable bonds is 4. The molecule has 0 aliphatic rings. The maximum Gasteiger partial charge on any atom is 0.269 e. The van der Waals surface area contributed by atoms with Crippen molar-refractivity contribution < 1.29 is 10.1 Å². The van der Waals surface area contributed by atoms with Crippen molar-refractivity contribution in [1.82, 2.24) is 0 Å². The van der Waals surface area contributed by atoms with Gasteiger partial charge in [0.25, 0.3) is 5.69 Å². The molecular weight excluding hydrogens is 234 g/mol. The van der Waals surface area contributed by atoms with Crippen molar-refractivity contribution in [2.75, 3.05) is 6.54 Å². The van der Waals surface area contributed by atoms with E-state index in [9.17, 15) is 10.1 Å². The van der Waals surface area contributed by atoms with E-state index >= 15 is 0 Å². The van der Waals surface area contributed by atoms with E-state index in [1.54, 1.807) is 12.1 Å². The van der Waals surface area contributed by atoms with Crippen molar-refractivity contribution in [2.45, 2.75) is 6.42 Å². The van der Waals surface area contributed by atoms with E-state index in [-0.39, 0.29) is 24.6 Å². The number of non-ortho nitro benzene ring substituents is 1. The number of nitro benzene ring substituents is 1. The summed E-state index contributed by atoms with van der Waals surface area (Å²) in [6, 6.07) is 6.03. The van der Waals surface area contributed by atoms with Crippen LogP contribution in [0.4, 0.5) is 5.69 Å². The third-order valence-corrected chi connectivity index (χ3v) is 1.93. The van der Waals surface area contributed by atoms with Gasteiger partial charge < -0.3 is 10.9 Å². The second-order valence-electron chi connectivity index (χ2n) is 2.97. The van der Waals surface area contributed by atoms with Crippen LogP contribution in [0.3, 0.4) is 0 Å². The molecule has 0 aliphatic carbocycles. The van der Waals surface area contributed by atoms with Crippen molar-refractivity contribution in [3.05, 3.63) is 39.9 Å². The molecule has 7 heteroatoms. The van der Waals surface area contributed by atoms with Gasteiger partial charge in [0.05, 0.1) is 10.6 Å². The van der Waals surface area contributed by atoms with Gasteiger partial charge in [-0.2, -0.15) is 0 Å². The Balaban J connectivity index is 0.00000225. The lowest BCUT2D eigenvalue weighted by Gasteiger charge is -2.01. The summed E-state index contributed by atoms with van der Waals surface area (Å²) in [7, 11) is 0. The molecule has 1 aromatic carbocycles. The molecule has 16 heavy (non-hydrogen) atoms. The molecule has 1 rings (SSSR count). The lowest BCUT2D eigenvalue weighted by molar-refractivity contribution is -0.384. The van der Waals surface area contributed by atoms with Gasteiger partial charge in [-0.05, 0) is 5.56 Å². The smallest absolute Gasteiger partial charge is 0.269 e. The monoisotopic (exact) mass is 245 g/mol. The van der Waals surface area contributed by atoms with E-state index < -0.39 is 4.92 Å². The summed E-state index contributed by atoms with van der Waals surface area (Å²) in [5.41, 5.74) is 6.60. The summed E-state index contributed by atoms with van der Waals surface area (Å²) in [5, 5.41) is 21.9. The van der Waals surface area contributed by atoms with Gasteiger partial charge >= 0.3 is 0 Å². The molecule has 6 nitrogen and oxygen atoms in total. The second kappa shape index (κ2) is 6.76. The average molecular weight is 246 g/mol. The van der Waals surface area contributed by atoms with Crippen LogP contribution in [-0.2, 0) is 6.42 Å². The van der Waals surface area contributed by atoms with Gasteiger partial charge in [-0.25, -0.2) is 0 Å². The molecule has 0 spiro atoms. The Bertz CT molecular complexity index is 378. The molecule has 0 saturated carbocycles. The lowest BCUT2D eigenvalue weighted by Crippen LogP contribution is -2.16. The molecule has 0 unspecified atom stereocenters. The van der Waals surface area contributed by atoms with Crippen LogP contribution in [0.15, 0.2) is 29.4 Å². The first kappa shape index (κ1) is 14.3. The van der Waals surface area contributed by atoms with E-state index in [0.29, 0.717) is 12.1 Å². The number of hydrogen-bond acceptors (Lipinski definition) is 5. The van der Waals surface area contributed by atoms with Gasteiger partial charge in [0.2, 0.25) is 0 Å². The highest BCUT2D eigenvalue weighted by Crippen LogP contribution is 2.12. The Morgan fingerprint density at radius 1 is 1.44 bits per heavy atom. The van der Waals surface area contributed by atoms with E-state index in [1.807, 2.05) is 0 Å². The fourth-order valence-corrected chi connectivity index (χ4v) is 1.12. The molecule has 0 aromatic heterocycles.